The number of allylic oxidation sites excluding steroid dienone is 2. The highest BCUT2D eigenvalue weighted by atomic mass is 16.5. The number of aryl methyl sites for hydroxylation is 2. The van der Waals surface area contributed by atoms with Gasteiger partial charge in [0, 0.05) is 11.5 Å². The largest absolute Gasteiger partial charge is 0.504 e. The van der Waals surface area contributed by atoms with E-state index < -0.39 is 35.5 Å². The summed E-state index contributed by atoms with van der Waals surface area (Å²) in [6.07, 6.45) is 4.27. The predicted molar refractivity (Wildman–Crippen MR) is 169 cm³/mol. The number of ether oxygens (including phenoxy) is 1. The molecule has 230 valence electrons. The molecule has 6 atom stereocenters. The second kappa shape index (κ2) is 11.0. The van der Waals surface area contributed by atoms with Crippen molar-refractivity contribution < 1.29 is 29.0 Å². The summed E-state index contributed by atoms with van der Waals surface area (Å²) in [6.45, 7) is 4.09. The van der Waals surface area contributed by atoms with E-state index in [9.17, 15) is 24.3 Å². The van der Waals surface area contributed by atoms with Crippen LogP contribution in [-0.4, -0.2) is 35.8 Å². The predicted octanol–water partition coefficient (Wildman–Crippen LogP) is 5.57. The average Bonchev–Trinajstić information content (AvgIpc) is 3.47. The number of carbonyl (C=O) groups is 4. The molecule has 0 aromatic heterocycles. The van der Waals surface area contributed by atoms with Crippen LogP contribution in [0.2, 0.25) is 0 Å². The van der Waals surface area contributed by atoms with Crippen molar-refractivity contribution in [3.63, 3.8) is 0 Å². The molecule has 7 rings (SSSR count). The highest BCUT2D eigenvalue weighted by molar-refractivity contribution is 6.24. The molecule has 0 spiro atoms. The minimum Gasteiger partial charge on any atom is -0.504 e. The topological polar surface area (TPSA) is 104 Å². The third-order valence-electron chi connectivity index (χ3n) is 10.4. The van der Waals surface area contributed by atoms with E-state index in [1.54, 1.807) is 30.3 Å². The molecule has 1 N–H and O–H groups in total. The van der Waals surface area contributed by atoms with Gasteiger partial charge in [-0.2, -0.15) is 0 Å². The normalized spacial score (nSPS) is 27.3. The SMILES string of the molecule is CCc1ccc(N2C(=O)[C@H]3[C@H](CC=C4[C@H]3C[C@H]3C(=O)N(c5ccc(CC)cc5)C(=O)[C@H]3[C@H]4c3cccc(OC)c3O)C2=O)cc1. The fourth-order valence-electron chi connectivity index (χ4n) is 8.16. The number of amides is 4. The maximum atomic E-state index is 14.3. The fourth-order valence-corrected chi connectivity index (χ4v) is 8.16. The molecule has 1 saturated carbocycles. The number of benzene rings is 3. The van der Waals surface area contributed by atoms with Crippen LogP contribution in [-0.2, 0) is 32.0 Å². The van der Waals surface area contributed by atoms with Crippen LogP contribution in [0.3, 0.4) is 0 Å². The average molecular weight is 605 g/mol. The van der Waals surface area contributed by atoms with Crippen molar-refractivity contribution in [1.29, 1.82) is 0 Å². The van der Waals surface area contributed by atoms with E-state index in [0.29, 0.717) is 23.4 Å². The number of fused-ring (bicyclic) bond motifs is 4. The summed E-state index contributed by atoms with van der Waals surface area (Å²) in [4.78, 5) is 59.1. The van der Waals surface area contributed by atoms with Crippen LogP contribution in [0.15, 0.2) is 78.4 Å². The first-order valence-corrected chi connectivity index (χ1v) is 15.8. The van der Waals surface area contributed by atoms with Gasteiger partial charge in [0.1, 0.15) is 0 Å². The van der Waals surface area contributed by atoms with E-state index in [1.807, 2.05) is 56.3 Å². The summed E-state index contributed by atoms with van der Waals surface area (Å²) in [5.41, 5.74) is 4.56. The van der Waals surface area contributed by atoms with Crippen LogP contribution in [0.4, 0.5) is 11.4 Å². The Kier molecular flexibility index (Phi) is 7.10. The number of carbonyl (C=O) groups excluding carboxylic acids is 4. The zero-order chi connectivity index (χ0) is 31.6. The monoisotopic (exact) mass is 604 g/mol. The highest BCUT2D eigenvalue weighted by Crippen LogP contribution is 2.59. The first kappa shape index (κ1) is 29.0. The fraction of sp³-hybridized carbons (Fsp3) is 0.351. The smallest absolute Gasteiger partial charge is 0.238 e. The van der Waals surface area contributed by atoms with E-state index in [4.69, 9.17) is 4.74 Å². The van der Waals surface area contributed by atoms with Crippen LogP contribution < -0.4 is 14.5 Å². The van der Waals surface area contributed by atoms with Gasteiger partial charge in [0.2, 0.25) is 23.6 Å². The molecular weight excluding hydrogens is 568 g/mol. The molecule has 2 heterocycles. The van der Waals surface area contributed by atoms with Crippen LogP contribution in [0, 0.1) is 29.6 Å². The molecule has 4 aliphatic rings. The van der Waals surface area contributed by atoms with E-state index in [1.165, 1.54) is 16.9 Å². The zero-order valence-electron chi connectivity index (χ0n) is 25.6. The Morgan fingerprint density at radius 2 is 1.27 bits per heavy atom. The third-order valence-corrected chi connectivity index (χ3v) is 10.4. The van der Waals surface area contributed by atoms with Gasteiger partial charge in [0.05, 0.1) is 42.2 Å². The Morgan fingerprint density at radius 3 is 1.82 bits per heavy atom. The van der Waals surface area contributed by atoms with E-state index in [0.717, 1.165) is 29.5 Å². The first-order chi connectivity index (χ1) is 21.8. The standard InChI is InChI=1S/C37H36N2O6/c1-4-20-9-13-22(14-10-20)38-34(41)26-18-17-24-27(31(26)36(38)43)19-28-32(30(24)25-7-6-8-29(45-3)33(25)40)37(44)39(35(28)42)23-15-11-21(5-2)12-16-23/h6-17,26-28,30-32,40H,4-5,18-19H2,1-3H3/t26-,27+,28+,30+,31-,32+/m0/s1. The molecule has 2 saturated heterocycles. The number of para-hydroxylation sites is 1. The van der Waals surface area contributed by atoms with Gasteiger partial charge < -0.3 is 9.84 Å². The maximum Gasteiger partial charge on any atom is 0.238 e. The number of methoxy groups -OCH3 is 1. The van der Waals surface area contributed by atoms with E-state index >= 15 is 0 Å². The summed E-state index contributed by atoms with van der Waals surface area (Å²) in [5, 5.41) is 11.4. The molecule has 2 aliphatic heterocycles. The van der Waals surface area contributed by atoms with Crippen LogP contribution in [0.1, 0.15) is 49.3 Å². The van der Waals surface area contributed by atoms with Crippen molar-refractivity contribution in [2.24, 2.45) is 29.6 Å². The van der Waals surface area contributed by atoms with Crippen molar-refractivity contribution in [1.82, 2.24) is 0 Å². The molecule has 3 aromatic rings. The Labute approximate surface area is 262 Å². The van der Waals surface area contributed by atoms with Gasteiger partial charge in [-0.15, -0.1) is 0 Å². The Hall–Kier alpha value is -4.72. The number of phenolic OH excluding ortho intramolecular Hbond substituents is 1. The minimum absolute atomic E-state index is 0.0927. The third kappa shape index (κ3) is 4.33. The summed E-state index contributed by atoms with van der Waals surface area (Å²) in [5.74, 6) is -4.81. The van der Waals surface area contributed by atoms with Gasteiger partial charge >= 0.3 is 0 Å². The van der Waals surface area contributed by atoms with Gasteiger partial charge in [-0.25, -0.2) is 0 Å². The molecule has 3 fully saturated rings. The maximum absolute atomic E-state index is 14.3. The van der Waals surface area contributed by atoms with E-state index in [2.05, 4.69) is 0 Å². The first-order valence-electron chi connectivity index (χ1n) is 15.8. The molecule has 0 radical (unpaired) electrons. The van der Waals surface area contributed by atoms with Gasteiger partial charge in [-0.3, -0.25) is 29.0 Å². The molecule has 8 heteroatoms. The quantitative estimate of drug-likeness (QED) is 0.292. The number of aromatic hydroxyl groups is 1. The summed E-state index contributed by atoms with van der Waals surface area (Å²) >= 11 is 0. The van der Waals surface area contributed by atoms with Crippen molar-refractivity contribution in [2.75, 3.05) is 16.9 Å². The number of imide groups is 2. The lowest BCUT2D eigenvalue weighted by Gasteiger charge is -2.44. The van der Waals surface area contributed by atoms with Crippen LogP contribution >= 0.6 is 0 Å². The number of hydrogen-bond acceptors (Lipinski definition) is 6. The Balaban J connectivity index is 1.33. The molecule has 0 unspecified atom stereocenters. The number of phenols is 1. The number of nitrogens with zero attached hydrogens (tertiary/aromatic N) is 2. The van der Waals surface area contributed by atoms with Crippen LogP contribution in [0.5, 0.6) is 11.5 Å². The number of hydrogen-bond donors (Lipinski definition) is 1. The van der Waals surface area contributed by atoms with Gasteiger partial charge in [0.15, 0.2) is 11.5 Å². The van der Waals surface area contributed by atoms with Crippen molar-refractivity contribution >= 4 is 35.0 Å². The summed E-state index contributed by atoms with van der Waals surface area (Å²) in [6, 6.07) is 20.1. The molecule has 8 nitrogen and oxygen atoms in total. The van der Waals surface area contributed by atoms with Gasteiger partial charge in [0.25, 0.3) is 0 Å². The van der Waals surface area contributed by atoms with E-state index in [-0.39, 0.29) is 41.5 Å². The minimum atomic E-state index is -0.773. The zero-order valence-corrected chi connectivity index (χ0v) is 25.6. The molecule has 4 amide bonds. The lowest BCUT2D eigenvalue weighted by molar-refractivity contribution is -0.126. The molecule has 45 heavy (non-hydrogen) atoms. The van der Waals surface area contributed by atoms with Crippen molar-refractivity contribution in [3.8, 4) is 11.5 Å². The number of rotatable bonds is 6. The van der Waals surface area contributed by atoms with Crippen LogP contribution in [0.25, 0.3) is 0 Å². The van der Waals surface area contributed by atoms with Crippen molar-refractivity contribution in [3.05, 3.63) is 95.1 Å². The molecule has 3 aromatic carbocycles. The lowest BCUT2D eigenvalue weighted by atomic mass is 9.57. The van der Waals surface area contributed by atoms with Gasteiger partial charge in [-0.05, 0) is 73.1 Å². The molecule has 2 aliphatic carbocycles. The van der Waals surface area contributed by atoms with Gasteiger partial charge in [-0.1, -0.05) is 61.9 Å². The molecular formula is C37H36N2O6. The number of anilines is 2. The lowest BCUT2D eigenvalue weighted by Crippen LogP contribution is -2.43. The Bertz CT molecular complexity index is 1740. The molecule has 0 bridgehead atoms. The second-order valence-electron chi connectivity index (χ2n) is 12.5. The second-order valence-corrected chi connectivity index (χ2v) is 12.5. The summed E-state index contributed by atoms with van der Waals surface area (Å²) < 4.78 is 5.43. The highest BCUT2D eigenvalue weighted by Gasteiger charge is 2.62. The summed E-state index contributed by atoms with van der Waals surface area (Å²) in [7, 11) is 1.46. The Morgan fingerprint density at radius 1 is 0.711 bits per heavy atom. The van der Waals surface area contributed by atoms with Crippen molar-refractivity contribution in [2.45, 2.75) is 45.4 Å².